The Morgan fingerprint density at radius 1 is 1.19 bits per heavy atom. The van der Waals surface area contributed by atoms with Crippen LogP contribution < -0.4 is 5.32 Å². The van der Waals surface area contributed by atoms with Gasteiger partial charge in [0.15, 0.2) is 0 Å². The molecule has 2 atom stereocenters. The molecule has 0 aliphatic rings. The Hall–Kier alpha value is -1.12. The standard InChI is InChI=1S/C13H23N3/c1-6-10(4)11(5)16-13-7-12(9(2)3)14-8-15-13/h7-11H,6H2,1-5H3,(H,14,15,16). The zero-order chi connectivity index (χ0) is 12.1. The summed E-state index contributed by atoms with van der Waals surface area (Å²) >= 11 is 0. The lowest BCUT2D eigenvalue weighted by atomic mass is 10.0. The van der Waals surface area contributed by atoms with Gasteiger partial charge in [-0.05, 0) is 18.8 Å². The van der Waals surface area contributed by atoms with Crippen molar-refractivity contribution in [2.75, 3.05) is 5.32 Å². The molecule has 0 saturated heterocycles. The number of hydrogen-bond acceptors (Lipinski definition) is 3. The second-order valence-electron chi connectivity index (χ2n) is 4.80. The van der Waals surface area contributed by atoms with Crippen LogP contribution in [0.4, 0.5) is 5.82 Å². The van der Waals surface area contributed by atoms with Crippen molar-refractivity contribution in [2.45, 2.75) is 53.0 Å². The van der Waals surface area contributed by atoms with Crippen molar-refractivity contribution in [2.24, 2.45) is 5.92 Å². The van der Waals surface area contributed by atoms with Crippen LogP contribution in [0.2, 0.25) is 0 Å². The predicted molar refractivity (Wildman–Crippen MR) is 68.7 cm³/mol. The van der Waals surface area contributed by atoms with Gasteiger partial charge in [0, 0.05) is 17.8 Å². The largest absolute Gasteiger partial charge is 0.367 e. The highest BCUT2D eigenvalue weighted by Crippen LogP contribution is 2.16. The van der Waals surface area contributed by atoms with Gasteiger partial charge in [0.2, 0.25) is 0 Å². The van der Waals surface area contributed by atoms with E-state index in [0.717, 1.165) is 11.5 Å². The molecule has 0 bridgehead atoms. The summed E-state index contributed by atoms with van der Waals surface area (Å²) in [6.45, 7) is 10.9. The van der Waals surface area contributed by atoms with Gasteiger partial charge in [0.05, 0.1) is 0 Å². The van der Waals surface area contributed by atoms with Crippen LogP contribution in [0.5, 0.6) is 0 Å². The van der Waals surface area contributed by atoms with E-state index in [9.17, 15) is 0 Å². The van der Waals surface area contributed by atoms with Gasteiger partial charge in [-0.1, -0.05) is 34.1 Å². The van der Waals surface area contributed by atoms with E-state index in [2.05, 4.69) is 49.9 Å². The van der Waals surface area contributed by atoms with E-state index in [1.807, 2.05) is 6.07 Å². The van der Waals surface area contributed by atoms with Crippen molar-refractivity contribution in [1.29, 1.82) is 0 Å². The van der Waals surface area contributed by atoms with Crippen LogP contribution >= 0.6 is 0 Å². The Morgan fingerprint density at radius 3 is 2.44 bits per heavy atom. The Bertz CT molecular complexity index is 323. The van der Waals surface area contributed by atoms with Crippen molar-refractivity contribution in [3.63, 3.8) is 0 Å². The number of nitrogens with zero attached hydrogens (tertiary/aromatic N) is 2. The van der Waals surface area contributed by atoms with Crippen LogP contribution in [-0.4, -0.2) is 16.0 Å². The zero-order valence-electron chi connectivity index (χ0n) is 11.0. The fourth-order valence-corrected chi connectivity index (χ4v) is 1.50. The SMILES string of the molecule is CCC(C)C(C)Nc1cc(C(C)C)ncn1. The molecular formula is C13H23N3. The van der Waals surface area contributed by atoms with Crippen molar-refractivity contribution in [3.05, 3.63) is 18.1 Å². The Morgan fingerprint density at radius 2 is 1.88 bits per heavy atom. The van der Waals surface area contributed by atoms with E-state index in [1.165, 1.54) is 6.42 Å². The van der Waals surface area contributed by atoms with E-state index in [4.69, 9.17) is 0 Å². The predicted octanol–water partition coefficient (Wildman–Crippen LogP) is 3.45. The molecule has 0 aliphatic carbocycles. The monoisotopic (exact) mass is 221 g/mol. The maximum atomic E-state index is 4.26. The molecule has 0 spiro atoms. The minimum Gasteiger partial charge on any atom is -0.367 e. The third kappa shape index (κ3) is 3.47. The molecule has 0 amide bonds. The highest BCUT2D eigenvalue weighted by Gasteiger charge is 2.11. The second-order valence-corrected chi connectivity index (χ2v) is 4.80. The molecule has 0 radical (unpaired) electrons. The highest BCUT2D eigenvalue weighted by atomic mass is 15.0. The number of hydrogen-bond donors (Lipinski definition) is 1. The first-order valence-corrected chi connectivity index (χ1v) is 6.13. The molecule has 0 aromatic carbocycles. The molecule has 0 aliphatic heterocycles. The average molecular weight is 221 g/mol. The fourth-order valence-electron chi connectivity index (χ4n) is 1.50. The maximum Gasteiger partial charge on any atom is 0.129 e. The first-order valence-electron chi connectivity index (χ1n) is 6.13. The minimum absolute atomic E-state index is 0.444. The Kier molecular flexibility index (Phi) is 4.71. The van der Waals surface area contributed by atoms with Crippen molar-refractivity contribution < 1.29 is 0 Å². The molecule has 90 valence electrons. The van der Waals surface area contributed by atoms with E-state index in [0.29, 0.717) is 17.9 Å². The topological polar surface area (TPSA) is 37.8 Å². The van der Waals surface area contributed by atoms with Crippen molar-refractivity contribution in [3.8, 4) is 0 Å². The summed E-state index contributed by atoms with van der Waals surface area (Å²) in [5.74, 6) is 2.03. The highest BCUT2D eigenvalue weighted by molar-refractivity contribution is 5.36. The first-order chi connectivity index (χ1) is 7.54. The van der Waals surface area contributed by atoms with Crippen LogP contribution in [0, 0.1) is 5.92 Å². The van der Waals surface area contributed by atoms with E-state index < -0.39 is 0 Å². The second kappa shape index (κ2) is 5.83. The quantitative estimate of drug-likeness (QED) is 0.827. The van der Waals surface area contributed by atoms with E-state index in [1.54, 1.807) is 6.33 Å². The molecule has 1 N–H and O–H groups in total. The fraction of sp³-hybridized carbons (Fsp3) is 0.692. The molecule has 0 fully saturated rings. The smallest absolute Gasteiger partial charge is 0.129 e. The Labute approximate surface area is 98.7 Å². The molecule has 0 saturated carbocycles. The lowest BCUT2D eigenvalue weighted by molar-refractivity contribution is 0.493. The van der Waals surface area contributed by atoms with Gasteiger partial charge in [-0.25, -0.2) is 9.97 Å². The van der Waals surface area contributed by atoms with Crippen molar-refractivity contribution >= 4 is 5.82 Å². The molecule has 1 aromatic heterocycles. The van der Waals surface area contributed by atoms with Crippen LogP contribution in [0.3, 0.4) is 0 Å². The molecule has 3 nitrogen and oxygen atoms in total. The summed E-state index contributed by atoms with van der Waals surface area (Å²) in [6.07, 6.45) is 2.82. The van der Waals surface area contributed by atoms with Gasteiger partial charge >= 0.3 is 0 Å². The van der Waals surface area contributed by atoms with Gasteiger partial charge in [0.1, 0.15) is 12.1 Å². The lowest BCUT2D eigenvalue weighted by Crippen LogP contribution is -2.23. The third-order valence-corrected chi connectivity index (χ3v) is 3.15. The molecule has 3 heteroatoms. The molecule has 1 aromatic rings. The minimum atomic E-state index is 0.444. The number of rotatable bonds is 5. The molecule has 1 rings (SSSR count). The van der Waals surface area contributed by atoms with Gasteiger partial charge in [0.25, 0.3) is 0 Å². The van der Waals surface area contributed by atoms with Crippen molar-refractivity contribution in [1.82, 2.24) is 9.97 Å². The number of nitrogens with one attached hydrogen (secondary N) is 1. The van der Waals surface area contributed by atoms with Gasteiger partial charge < -0.3 is 5.32 Å². The third-order valence-electron chi connectivity index (χ3n) is 3.15. The van der Waals surface area contributed by atoms with Crippen LogP contribution in [0.1, 0.15) is 52.7 Å². The summed E-state index contributed by atoms with van der Waals surface area (Å²) in [4.78, 5) is 8.52. The normalized spacial score (nSPS) is 14.9. The molecule has 1 heterocycles. The summed E-state index contributed by atoms with van der Waals surface area (Å²) in [5, 5.41) is 3.44. The van der Waals surface area contributed by atoms with E-state index in [-0.39, 0.29) is 0 Å². The Balaban J connectivity index is 2.70. The van der Waals surface area contributed by atoms with Gasteiger partial charge in [-0.2, -0.15) is 0 Å². The zero-order valence-corrected chi connectivity index (χ0v) is 11.0. The van der Waals surface area contributed by atoms with E-state index >= 15 is 0 Å². The molecule has 2 unspecified atom stereocenters. The van der Waals surface area contributed by atoms with Crippen LogP contribution in [0.15, 0.2) is 12.4 Å². The summed E-state index contributed by atoms with van der Waals surface area (Å²) < 4.78 is 0. The van der Waals surface area contributed by atoms with Crippen LogP contribution in [0.25, 0.3) is 0 Å². The number of aromatic nitrogens is 2. The summed E-state index contributed by atoms with van der Waals surface area (Å²) in [7, 11) is 0. The summed E-state index contributed by atoms with van der Waals surface area (Å²) in [6, 6.07) is 2.49. The van der Waals surface area contributed by atoms with Gasteiger partial charge in [-0.3, -0.25) is 0 Å². The summed E-state index contributed by atoms with van der Waals surface area (Å²) in [5.41, 5.74) is 1.09. The number of anilines is 1. The average Bonchev–Trinajstić information content (AvgIpc) is 2.28. The molecular weight excluding hydrogens is 198 g/mol. The van der Waals surface area contributed by atoms with Gasteiger partial charge in [-0.15, -0.1) is 0 Å². The molecule has 16 heavy (non-hydrogen) atoms. The van der Waals surface area contributed by atoms with Crippen LogP contribution in [-0.2, 0) is 0 Å². The maximum absolute atomic E-state index is 4.26. The first kappa shape index (κ1) is 12.9. The lowest BCUT2D eigenvalue weighted by Gasteiger charge is -2.20.